The molecule has 2 bridgehead atoms. The van der Waals surface area contributed by atoms with Crippen LogP contribution in [0, 0.1) is 23.7 Å². The van der Waals surface area contributed by atoms with Crippen molar-refractivity contribution in [3.05, 3.63) is 185 Å². The number of carbonyl (C=O) groups is 3. The predicted molar refractivity (Wildman–Crippen MR) is 202 cm³/mol. The lowest BCUT2D eigenvalue weighted by molar-refractivity contribution is -0.274. The minimum Gasteiger partial charge on any atom is -0.461 e. The van der Waals surface area contributed by atoms with Crippen LogP contribution in [0.4, 0.5) is 13.2 Å². The van der Waals surface area contributed by atoms with Crippen LogP contribution in [-0.4, -0.2) is 57.3 Å². The maximum Gasteiger partial charge on any atom is 0.573 e. The van der Waals surface area contributed by atoms with E-state index >= 15 is 0 Å². The van der Waals surface area contributed by atoms with E-state index < -0.39 is 59.2 Å². The van der Waals surface area contributed by atoms with Gasteiger partial charge in [0.1, 0.15) is 12.4 Å². The number of likely N-dealkylation sites (tertiary alicyclic amines) is 1. The topological polar surface area (TPSA) is 119 Å². The normalized spacial score (nSPS) is 22.0. The van der Waals surface area contributed by atoms with Crippen molar-refractivity contribution in [2.75, 3.05) is 13.2 Å². The number of hydrogen-bond donors (Lipinski definition) is 1. The van der Waals surface area contributed by atoms with E-state index in [4.69, 9.17) is 9.72 Å². The lowest BCUT2D eigenvalue weighted by atomic mass is 9.71. The molecule has 5 aromatic rings. The van der Waals surface area contributed by atoms with Crippen molar-refractivity contribution in [2.24, 2.45) is 23.7 Å². The third-order valence-corrected chi connectivity index (χ3v) is 10.6. The Morgan fingerprint density at radius 2 is 1.44 bits per heavy atom. The largest absolute Gasteiger partial charge is 0.573 e. The van der Waals surface area contributed by atoms with Crippen molar-refractivity contribution in [1.29, 1.82) is 0 Å². The molecule has 2 aliphatic carbocycles. The average molecular weight is 770 g/mol. The second-order valence-electron chi connectivity index (χ2n) is 13.8. The molecule has 1 saturated carbocycles. The number of nitrogens with zero attached hydrogens (tertiary/aromatic N) is 3. The molecule has 1 unspecified atom stereocenters. The lowest BCUT2D eigenvalue weighted by Gasteiger charge is -2.36. The molecule has 1 aliphatic heterocycles. The fraction of sp³-hybridized carbons (Fsp3) is 0.178. The first-order chi connectivity index (χ1) is 27.5. The third kappa shape index (κ3) is 7.04. The number of aliphatic hydroxyl groups is 1. The van der Waals surface area contributed by atoms with Crippen molar-refractivity contribution in [3.63, 3.8) is 0 Å². The van der Waals surface area contributed by atoms with Gasteiger partial charge in [0.2, 0.25) is 11.8 Å². The van der Waals surface area contributed by atoms with Crippen LogP contribution in [0.15, 0.2) is 157 Å². The van der Waals surface area contributed by atoms with E-state index in [1.807, 2.05) is 84.9 Å². The van der Waals surface area contributed by atoms with Gasteiger partial charge < -0.3 is 14.6 Å². The molecular weight excluding hydrogens is 736 g/mol. The number of alkyl halides is 3. The van der Waals surface area contributed by atoms with Crippen molar-refractivity contribution < 1.29 is 42.1 Å². The highest BCUT2D eigenvalue weighted by atomic mass is 19.4. The maximum absolute atomic E-state index is 14.6. The van der Waals surface area contributed by atoms with Crippen LogP contribution in [-0.2, 0) is 24.7 Å². The molecular formula is C45H34F3N3O6. The zero-order valence-electron chi connectivity index (χ0n) is 30.1. The highest BCUT2D eigenvalue weighted by Gasteiger charge is 2.66. The average Bonchev–Trinajstić information content (AvgIpc) is 3.84. The van der Waals surface area contributed by atoms with Crippen LogP contribution in [0.1, 0.15) is 28.1 Å². The summed E-state index contributed by atoms with van der Waals surface area (Å²) in [4.78, 5) is 52.0. The third-order valence-electron chi connectivity index (χ3n) is 10.6. The molecule has 286 valence electrons. The molecule has 0 radical (unpaired) electrons. The van der Waals surface area contributed by atoms with E-state index in [0.29, 0.717) is 28.1 Å². The van der Waals surface area contributed by atoms with E-state index in [1.54, 1.807) is 30.6 Å². The zero-order chi connectivity index (χ0) is 39.7. The minimum atomic E-state index is -4.83. The molecule has 1 N–H and O–H groups in total. The SMILES string of the molecule is O=C(/C=C/c1ccc(OC(F)(F)F)cc1)OCCN1C(=O)[C@@H]2[C@@H]3C(C(O)(c4ccccc4)c4ccccn4)=C[C@@H](C3=C(c3ccccc3)c3ccccn3)[C@@H]2C1=O. The van der Waals surface area contributed by atoms with E-state index in [2.05, 4.69) is 9.72 Å². The molecule has 12 heteroatoms. The molecule has 2 aromatic heterocycles. The van der Waals surface area contributed by atoms with E-state index in [9.17, 15) is 32.7 Å². The number of hydrogen-bond acceptors (Lipinski definition) is 8. The monoisotopic (exact) mass is 769 g/mol. The zero-order valence-corrected chi connectivity index (χ0v) is 30.1. The number of benzene rings is 3. The predicted octanol–water partition coefficient (Wildman–Crippen LogP) is 7.16. The molecule has 9 nitrogen and oxygen atoms in total. The lowest BCUT2D eigenvalue weighted by Crippen LogP contribution is -2.39. The summed E-state index contributed by atoms with van der Waals surface area (Å²) in [6.45, 7) is -0.488. The summed E-state index contributed by atoms with van der Waals surface area (Å²) in [5.41, 5.74) is 3.20. The first-order valence-electron chi connectivity index (χ1n) is 18.2. The Balaban J connectivity index is 1.12. The molecule has 57 heavy (non-hydrogen) atoms. The van der Waals surface area contributed by atoms with Crippen LogP contribution in [0.5, 0.6) is 5.75 Å². The number of esters is 1. The van der Waals surface area contributed by atoms with Gasteiger partial charge in [-0.3, -0.25) is 24.5 Å². The number of fused-ring (bicyclic) bond motifs is 5. The van der Waals surface area contributed by atoms with Gasteiger partial charge in [-0.2, -0.15) is 0 Å². The molecule has 3 aliphatic rings. The van der Waals surface area contributed by atoms with Crippen LogP contribution in [0.25, 0.3) is 11.6 Å². The molecule has 3 aromatic carbocycles. The molecule has 3 heterocycles. The maximum atomic E-state index is 14.6. The van der Waals surface area contributed by atoms with E-state index in [0.717, 1.165) is 39.8 Å². The number of imide groups is 1. The second-order valence-corrected chi connectivity index (χ2v) is 13.8. The highest BCUT2D eigenvalue weighted by Crippen LogP contribution is 2.64. The summed E-state index contributed by atoms with van der Waals surface area (Å²) >= 11 is 0. The first-order valence-corrected chi connectivity index (χ1v) is 18.2. The van der Waals surface area contributed by atoms with E-state index in [1.165, 1.54) is 18.2 Å². The molecule has 1 saturated heterocycles. The van der Waals surface area contributed by atoms with Crippen LogP contribution in [0.2, 0.25) is 0 Å². The summed E-state index contributed by atoms with van der Waals surface area (Å²) in [7, 11) is 0. The van der Waals surface area contributed by atoms with Crippen molar-refractivity contribution in [3.8, 4) is 5.75 Å². The molecule has 0 spiro atoms. The summed E-state index contributed by atoms with van der Waals surface area (Å²) in [6, 6.07) is 34.6. The van der Waals surface area contributed by atoms with Crippen molar-refractivity contribution in [2.45, 2.75) is 12.0 Å². The Morgan fingerprint density at radius 3 is 2.09 bits per heavy atom. The van der Waals surface area contributed by atoms with Gasteiger partial charge in [0, 0.05) is 35.9 Å². The molecule has 8 rings (SSSR count). The smallest absolute Gasteiger partial charge is 0.461 e. The number of rotatable bonds is 11. The Hall–Kier alpha value is -6.66. The Labute approximate surface area is 325 Å². The number of aromatic nitrogens is 2. The van der Waals surface area contributed by atoms with Gasteiger partial charge >= 0.3 is 12.3 Å². The van der Waals surface area contributed by atoms with Crippen molar-refractivity contribution in [1.82, 2.24) is 14.9 Å². The van der Waals surface area contributed by atoms with Gasteiger partial charge in [-0.05, 0) is 70.3 Å². The van der Waals surface area contributed by atoms with Crippen molar-refractivity contribution >= 4 is 29.4 Å². The van der Waals surface area contributed by atoms with Gasteiger partial charge in [0.15, 0.2) is 5.60 Å². The van der Waals surface area contributed by atoms with Gasteiger partial charge in [-0.25, -0.2) is 4.79 Å². The second kappa shape index (κ2) is 15.1. The van der Waals surface area contributed by atoms with Gasteiger partial charge in [-0.15, -0.1) is 13.2 Å². The molecule has 5 atom stereocenters. The highest BCUT2D eigenvalue weighted by molar-refractivity contribution is 6.08. The first kappa shape index (κ1) is 37.3. The summed E-state index contributed by atoms with van der Waals surface area (Å²) in [6.07, 6.45) is 2.85. The van der Waals surface area contributed by atoms with Crippen LogP contribution >= 0.6 is 0 Å². The number of carbonyl (C=O) groups excluding carboxylic acids is 3. The fourth-order valence-corrected chi connectivity index (χ4v) is 8.36. The quantitative estimate of drug-likeness (QED) is 0.0652. The number of amides is 2. The van der Waals surface area contributed by atoms with E-state index in [-0.39, 0.29) is 13.2 Å². The molecule has 2 amide bonds. The van der Waals surface area contributed by atoms with Gasteiger partial charge in [-0.1, -0.05) is 91.0 Å². The number of pyridine rings is 2. The Morgan fingerprint density at radius 1 is 0.789 bits per heavy atom. The summed E-state index contributed by atoms with van der Waals surface area (Å²) in [5.74, 6) is -5.02. The number of ether oxygens (including phenoxy) is 2. The number of halogens is 3. The Bertz CT molecular complexity index is 2300. The minimum absolute atomic E-state index is 0.198. The van der Waals surface area contributed by atoms with Gasteiger partial charge in [0.25, 0.3) is 0 Å². The number of allylic oxidation sites excluding steroid dienone is 2. The Kier molecular flexibility index (Phi) is 9.88. The van der Waals surface area contributed by atoms with Crippen LogP contribution < -0.4 is 4.74 Å². The fourth-order valence-electron chi connectivity index (χ4n) is 8.36. The standard InChI is InChI=1S/C45H34F3N3O6/c46-45(47,48)57-31-20-17-28(18-21-31)19-22-36(52)56-26-25-51-42(53)39-32-27-33(44(55,30-13-5-2-6-14-30)35-16-8-10-24-50-35)40(41(39)43(51)54)38(32)37(29-11-3-1-4-12-29)34-15-7-9-23-49-34/h1-24,27,32,39-41,55H,25-26H2/b22-19+,38-37?/t32-,39-,40+,41-,44?/m0/s1. The van der Waals surface area contributed by atoms with Crippen LogP contribution in [0.3, 0.4) is 0 Å². The van der Waals surface area contributed by atoms with Gasteiger partial charge in [0.05, 0.1) is 29.8 Å². The molecule has 2 fully saturated rings. The summed E-state index contributed by atoms with van der Waals surface area (Å²) in [5, 5.41) is 13.1. The summed E-state index contributed by atoms with van der Waals surface area (Å²) < 4.78 is 46.7.